The Hall–Kier alpha value is -3.30. The highest BCUT2D eigenvalue weighted by molar-refractivity contribution is 5.97. The zero-order valence-corrected chi connectivity index (χ0v) is 27.2. The lowest BCUT2D eigenvalue weighted by Crippen LogP contribution is -2.63. The number of carbonyl (C=O) groups excluding carboxylic acids is 4. The second-order valence-corrected chi connectivity index (χ2v) is 13.7. The zero-order valence-electron chi connectivity index (χ0n) is 27.2. The van der Waals surface area contributed by atoms with Crippen LogP contribution >= 0.6 is 0 Å². The van der Waals surface area contributed by atoms with Gasteiger partial charge in [0.2, 0.25) is 0 Å². The Kier molecular flexibility index (Phi) is 9.62. The molecular weight excluding hydrogens is 562 g/mol. The van der Waals surface area contributed by atoms with Gasteiger partial charge >= 0.3 is 17.9 Å². The number of carbonyl (C=O) groups is 4. The summed E-state index contributed by atoms with van der Waals surface area (Å²) in [5.41, 5.74) is 0.687. The maximum absolute atomic E-state index is 13.4. The van der Waals surface area contributed by atoms with Crippen molar-refractivity contribution in [2.75, 3.05) is 14.1 Å². The van der Waals surface area contributed by atoms with E-state index in [-0.39, 0.29) is 24.7 Å². The van der Waals surface area contributed by atoms with Gasteiger partial charge in [-0.25, -0.2) is 0 Å². The number of rotatable bonds is 7. The van der Waals surface area contributed by atoms with Gasteiger partial charge in [-0.1, -0.05) is 57.7 Å². The molecule has 1 N–H and O–H groups in total. The van der Waals surface area contributed by atoms with Crippen molar-refractivity contribution in [1.82, 2.24) is 4.90 Å². The predicted molar refractivity (Wildman–Crippen MR) is 164 cm³/mol. The average molecular weight is 610 g/mol. The Labute approximate surface area is 260 Å². The number of nitrogens with zero attached hydrogens (tertiary/aromatic N) is 1. The average Bonchev–Trinajstić information content (AvgIpc) is 2.93. The lowest BCUT2D eigenvalue weighted by Gasteiger charge is -2.59. The summed E-state index contributed by atoms with van der Waals surface area (Å²) in [5, 5.41) is 12.0. The number of ketones is 1. The Morgan fingerprint density at radius 1 is 1.05 bits per heavy atom. The molecule has 0 radical (unpaired) electrons. The zero-order chi connectivity index (χ0) is 32.7. The topological polar surface area (TPSA) is 119 Å². The van der Waals surface area contributed by atoms with Gasteiger partial charge in [0.05, 0.1) is 6.42 Å². The number of benzene rings is 1. The SMILES string of the molecule is C=C1C(OC(=O)CC(c2ccccc2)N(C)C)CC[C@@]2(C)C(OC(C)=O)C(O)C3=C(C)C(=O)C[C@@H](C(OC(C)=O)[C@H]12)C3(C)C. The maximum Gasteiger partial charge on any atom is 0.308 e. The van der Waals surface area contributed by atoms with E-state index in [0.29, 0.717) is 29.6 Å². The van der Waals surface area contributed by atoms with Crippen molar-refractivity contribution in [2.45, 2.75) is 97.7 Å². The standard InChI is InChI=1S/C35H47NO8/c1-19-26(39)17-24-32(42-21(3)37)30-20(2)27(44-28(40)18-25(36(8)9)23-13-11-10-12-14-23)15-16-35(30,7)33(43-22(4)38)31(41)29(19)34(24,5)6/h10-14,24-25,27,30-33,41H,2,15-18H2,1,3-9H3/t24-,25?,27?,30-,31?,32?,33?,35+/m0/s1. The van der Waals surface area contributed by atoms with Crippen molar-refractivity contribution in [3.8, 4) is 0 Å². The third-order valence-electron chi connectivity index (χ3n) is 10.3. The van der Waals surface area contributed by atoms with E-state index in [1.165, 1.54) is 13.8 Å². The number of fused-ring (bicyclic) bond motifs is 3. The lowest BCUT2D eigenvalue weighted by atomic mass is 9.49. The summed E-state index contributed by atoms with van der Waals surface area (Å²) in [5.74, 6) is -2.86. The highest BCUT2D eigenvalue weighted by atomic mass is 16.6. The maximum atomic E-state index is 13.4. The number of Topliss-reactive ketones (excluding diaryl/α,β-unsaturated/α-hetero) is 1. The molecule has 44 heavy (non-hydrogen) atoms. The highest BCUT2D eigenvalue weighted by Gasteiger charge is 2.63. The molecule has 0 spiro atoms. The Bertz CT molecular complexity index is 1350. The van der Waals surface area contributed by atoms with E-state index in [9.17, 15) is 24.3 Å². The number of hydrogen-bond acceptors (Lipinski definition) is 9. The second-order valence-electron chi connectivity index (χ2n) is 13.7. The van der Waals surface area contributed by atoms with Crippen LogP contribution in [0.15, 0.2) is 53.6 Å². The van der Waals surface area contributed by atoms with E-state index in [0.717, 1.165) is 5.56 Å². The Morgan fingerprint density at radius 3 is 2.23 bits per heavy atom. The van der Waals surface area contributed by atoms with E-state index in [1.54, 1.807) is 6.92 Å². The van der Waals surface area contributed by atoms with E-state index in [4.69, 9.17) is 14.2 Å². The minimum Gasteiger partial charge on any atom is -0.462 e. The normalized spacial score (nSPS) is 32.2. The summed E-state index contributed by atoms with van der Waals surface area (Å²) >= 11 is 0. The van der Waals surface area contributed by atoms with Gasteiger partial charge in [0.25, 0.3) is 0 Å². The van der Waals surface area contributed by atoms with Crippen LogP contribution in [0.5, 0.6) is 0 Å². The van der Waals surface area contributed by atoms with Crippen LogP contribution in [0.2, 0.25) is 0 Å². The van der Waals surface area contributed by atoms with Gasteiger partial charge < -0.3 is 24.2 Å². The highest BCUT2D eigenvalue weighted by Crippen LogP contribution is 2.60. The van der Waals surface area contributed by atoms with Crippen LogP contribution in [0.3, 0.4) is 0 Å². The summed E-state index contributed by atoms with van der Waals surface area (Å²) in [6.07, 6.45) is -2.92. The summed E-state index contributed by atoms with van der Waals surface area (Å²) in [6, 6.07) is 9.52. The van der Waals surface area contributed by atoms with E-state index in [2.05, 4.69) is 6.58 Å². The number of allylic oxidation sites excluding steroid dienone is 1. The number of aliphatic hydroxyl groups excluding tert-OH is 1. The predicted octanol–water partition coefficient (Wildman–Crippen LogP) is 4.73. The fourth-order valence-electron chi connectivity index (χ4n) is 8.12. The molecule has 0 aromatic heterocycles. The van der Waals surface area contributed by atoms with Crippen LogP contribution in [0.25, 0.3) is 0 Å². The fraction of sp³-hybridized carbons (Fsp3) is 0.600. The van der Waals surface area contributed by atoms with Gasteiger partial charge in [-0.3, -0.25) is 19.2 Å². The quantitative estimate of drug-likeness (QED) is 0.266. The third-order valence-corrected chi connectivity index (χ3v) is 10.3. The summed E-state index contributed by atoms with van der Waals surface area (Å²) in [6.45, 7) is 14.4. The van der Waals surface area contributed by atoms with Crippen molar-refractivity contribution in [3.63, 3.8) is 0 Å². The van der Waals surface area contributed by atoms with Crippen molar-refractivity contribution in [2.24, 2.45) is 22.7 Å². The van der Waals surface area contributed by atoms with Crippen LogP contribution in [0, 0.1) is 22.7 Å². The molecule has 3 aliphatic rings. The van der Waals surface area contributed by atoms with Crippen LogP contribution in [0.1, 0.15) is 78.8 Å². The summed E-state index contributed by atoms with van der Waals surface area (Å²) < 4.78 is 18.1. The molecule has 3 aliphatic carbocycles. The van der Waals surface area contributed by atoms with Crippen LogP contribution < -0.4 is 0 Å². The number of hydrogen-bond donors (Lipinski definition) is 1. The van der Waals surface area contributed by atoms with Gasteiger partial charge in [-0.2, -0.15) is 0 Å². The molecule has 9 heteroatoms. The largest absolute Gasteiger partial charge is 0.462 e. The monoisotopic (exact) mass is 609 g/mol. The fourth-order valence-corrected chi connectivity index (χ4v) is 8.12. The third kappa shape index (κ3) is 6.13. The van der Waals surface area contributed by atoms with Gasteiger partial charge in [0, 0.05) is 43.6 Å². The molecule has 240 valence electrons. The van der Waals surface area contributed by atoms with Crippen LogP contribution in [0.4, 0.5) is 0 Å². The first-order valence-corrected chi connectivity index (χ1v) is 15.4. The first kappa shape index (κ1) is 33.6. The smallest absolute Gasteiger partial charge is 0.308 e. The molecule has 1 aromatic carbocycles. The van der Waals surface area contributed by atoms with E-state index in [1.807, 2.05) is 70.1 Å². The van der Waals surface area contributed by atoms with Gasteiger partial charge in [0.1, 0.15) is 24.4 Å². The first-order chi connectivity index (χ1) is 20.5. The molecule has 2 saturated carbocycles. The molecule has 0 saturated heterocycles. The molecule has 0 heterocycles. The van der Waals surface area contributed by atoms with Crippen LogP contribution in [-0.2, 0) is 33.4 Å². The van der Waals surface area contributed by atoms with Crippen molar-refractivity contribution in [1.29, 1.82) is 0 Å². The minimum absolute atomic E-state index is 0.108. The molecule has 1 aromatic rings. The second kappa shape index (κ2) is 12.6. The van der Waals surface area contributed by atoms with E-state index >= 15 is 0 Å². The Morgan fingerprint density at radius 2 is 1.66 bits per heavy atom. The summed E-state index contributed by atoms with van der Waals surface area (Å²) in [7, 11) is 3.82. The lowest BCUT2D eigenvalue weighted by molar-refractivity contribution is -0.196. The molecule has 8 atom stereocenters. The molecule has 0 amide bonds. The number of esters is 3. The molecule has 0 aliphatic heterocycles. The molecule has 2 fully saturated rings. The van der Waals surface area contributed by atoms with Crippen LogP contribution in [-0.4, -0.2) is 72.2 Å². The van der Waals surface area contributed by atoms with Crippen molar-refractivity contribution in [3.05, 3.63) is 59.2 Å². The first-order valence-electron chi connectivity index (χ1n) is 15.4. The molecule has 2 bridgehead atoms. The number of ether oxygens (including phenoxy) is 3. The van der Waals surface area contributed by atoms with Gasteiger partial charge in [-0.15, -0.1) is 0 Å². The molecule has 4 rings (SSSR count). The van der Waals surface area contributed by atoms with Gasteiger partial charge in [-0.05, 0) is 61.6 Å². The van der Waals surface area contributed by atoms with Crippen molar-refractivity contribution < 1.29 is 38.5 Å². The van der Waals surface area contributed by atoms with Crippen molar-refractivity contribution >= 4 is 23.7 Å². The molecule has 5 unspecified atom stereocenters. The molecule has 9 nitrogen and oxygen atoms in total. The molecular formula is C35H47NO8. The van der Waals surface area contributed by atoms with E-state index < -0.39 is 65.0 Å². The minimum atomic E-state index is -1.27. The summed E-state index contributed by atoms with van der Waals surface area (Å²) in [4.78, 5) is 53.9. The van der Waals surface area contributed by atoms with Gasteiger partial charge in [0.15, 0.2) is 5.78 Å². The number of aliphatic hydroxyl groups is 1. The Balaban J connectivity index is 1.77.